The Hall–Kier alpha value is -0.890. The Labute approximate surface area is 157 Å². The summed E-state index contributed by atoms with van der Waals surface area (Å²) in [5, 5.41) is 6.55. The van der Waals surface area contributed by atoms with Gasteiger partial charge in [-0.2, -0.15) is 0 Å². The third-order valence-corrected chi connectivity index (χ3v) is 3.35. The minimum absolute atomic E-state index is 0. The molecular formula is C17H30FIN4. The number of guanidine groups is 1. The number of aliphatic imine (C=N–C) groups is 1. The predicted molar refractivity (Wildman–Crippen MR) is 107 cm³/mol. The number of benzene rings is 1. The first kappa shape index (κ1) is 22.1. The minimum atomic E-state index is -0.153. The van der Waals surface area contributed by atoms with Crippen LogP contribution in [0.3, 0.4) is 0 Å². The van der Waals surface area contributed by atoms with Crippen molar-refractivity contribution in [1.29, 1.82) is 0 Å². The highest BCUT2D eigenvalue weighted by atomic mass is 127. The molecule has 0 saturated carbocycles. The van der Waals surface area contributed by atoms with Crippen LogP contribution in [0.4, 0.5) is 4.39 Å². The molecule has 23 heavy (non-hydrogen) atoms. The van der Waals surface area contributed by atoms with E-state index in [4.69, 9.17) is 0 Å². The zero-order valence-corrected chi connectivity index (χ0v) is 17.0. The first-order valence-electron chi connectivity index (χ1n) is 7.93. The van der Waals surface area contributed by atoms with Crippen LogP contribution in [0.2, 0.25) is 0 Å². The molecule has 0 heterocycles. The van der Waals surface area contributed by atoms with Gasteiger partial charge in [-0.25, -0.2) is 4.39 Å². The molecule has 1 rings (SSSR count). The van der Waals surface area contributed by atoms with E-state index in [0.29, 0.717) is 13.1 Å². The normalized spacial score (nSPS) is 11.3. The molecule has 0 bridgehead atoms. The number of rotatable bonds is 8. The number of hydrogen-bond acceptors (Lipinski definition) is 2. The lowest BCUT2D eigenvalue weighted by atomic mass is 10.1. The first-order chi connectivity index (χ1) is 10.6. The van der Waals surface area contributed by atoms with Gasteiger partial charge < -0.3 is 15.5 Å². The smallest absolute Gasteiger partial charge is 0.191 e. The van der Waals surface area contributed by atoms with Crippen molar-refractivity contribution in [2.75, 3.05) is 27.7 Å². The molecule has 0 aliphatic rings. The minimum Gasteiger partial charge on any atom is -0.356 e. The summed E-state index contributed by atoms with van der Waals surface area (Å²) >= 11 is 0. The van der Waals surface area contributed by atoms with Crippen LogP contribution in [0.5, 0.6) is 0 Å². The number of unbranched alkanes of at least 4 members (excludes halogenated alkanes) is 2. The molecule has 0 fully saturated rings. The highest BCUT2D eigenvalue weighted by Crippen LogP contribution is 2.12. The molecular weight excluding hydrogens is 406 g/mol. The average molecular weight is 436 g/mol. The van der Waals surface area contributed by atoms with E-state index in [2.05, 4.69) is 22.5 Å². The molecule has 1 aromatic rings. The molecule has 6 heteroatoms. The van der Waals surface area contributed by atoms with Gasteiger partial charge in [0.2, 0.25) is 0 Å². The van der Waals surface area contributed by atoms with Crippen molar-refractivity contribution < 1.29 is 4.39 Å². The zero-order chi connectivity index (χ0) is 16.4. The quantitative estimate of drug-likeness (QED) is 0.284. The SMILES string of the molecule is CCCCCNC(=NC)NCc1ccc(F)c(CN(C)C)c1.I. The number of nitrogens with one attached hydrogen (secondary N) is 2. The molecule has 0 amide bonds. The Morgan fingerprint density at radius 2 is 1.96 bits per heavy atom. The van der Waals surface area contributed by atoms with E-state index in [-0.39, 0.29) is 29.8 Å². The van der Waals surface area contributed by atoms with Crippen molar-refractivity contribution >= 4 is 29.9 Å². The predicted octanol–water partition coefficient (Wildman–Crippen LogP) is 3.36. The third-order valence-electron chi connectivity index (χ3n) is 3.35. The van der Waals surface area contributed by atoms with Gasteiger partial charge in [0.1, 0.15) is 5.82 Å². The van der Waals surface area contributed by atoms with Crippen LogP contribution < -0.4 is 10.6 Å². The van der Waals surface area contributed by atoms with Crippen molar-refractivity contribution in [2.24, 2.45) is 4.99 Å². The summed E-state index contributed by atoms with van der Waals surface area (Å²) in [4.78, 5) is 6.16. The average Bonchev–Trinajstić information content (AvgIpc) is 2.49. The van der Waals surface area contributed by atoms with Crippen molar-refractivity contribution in [1.82, 2.24) is 15.5 Å². The van der Waals surface area contributed by atoms with Crippen LogP contribution in [-0.4, -0.2) is 38.5 Å². The van der Waals surface area contributed by atoms with E-state index in [9.17, 15) is 4.39 Å². The van der Waals surface area contributed by atoms with E-state index < -0.39 is 0 Å². The number of hydrogen-bond donors (Lipinski definition) is 2. The largest absolute Gasteiger partial charge is 0.356 e. The van der Waals surface area contributed by atoms with Gasteiger partial charge in [0.15, 0.2) is 5.96 Å². The molecule has 0 atom stereocenters. The van der Waals surface area contributed by atoms with Gasteiger partial charge in [-0.1, -0.05) is 25.8 Å². The van der Waals surface area contributed by atoms with Crippen LogP contribution in [0.25, 0.3) is 0 Å². The molecule has 0 aliphatic heterocycles. The lowest BCUT2D eigenvalue weighted by molar-refractivity contribution is 0.392. The molecule has 4 nitrogen and oxygen atoms in total. The maximum absolute atomic E-state index is 13.8. The second-order valence-corrected chi connectivity index (χ2v) is 5.72. The second kappa shape index (κ2) is 12.5. The van der Waals surface area contributed by atoms with Crippen molar-refractivity contribution in [3.63, 3.8) is 0 Å². The Morgan fingerprint density at radius 3 is 2.57 bits per heavy atom. The molecule has 0 radical (unpaired) electrons. The summed E-state index contributed by atoms with van der Waals surface area (Å²) in [6.07, 6.45) is 3.56. The Morgan fingerprint density at radius 1 is 1.22 bits per heavy atom. The Bertz CT molecular complexity index is 478. The molecule has 1 aromatic carbocycles. The van der Waals surface area contributed by atoms with Crippen LogP contribution in [0, 0.1) is 5.82 Å². The molecule has 0 saturated heterocycles. The van der Waals surface area contributed by atoms with Crippen LogP contribution in [0.1, 0.15) is 37.3 Å². The fourth-order valence-corrected chi connectivity index (χ4v) is 2.19. The molecule has 0 aromatic heterocycles. The topological polar surface area (TPSA) is 39.7 Å². The van der Waals surface area contributed by atoms with Crippen molar-refractivity contribution in [3.05, 3.63) is 35.1 Å². The van der Waals surface area contributed by atoms with Gasteiger partial charge in [0.05, 0.1) is 0 Å². The monoisotopic (exact) mass is 436 g/mol. The van der Waals surface area contributed by atoms with Crippen LogP contribution >= 0.6 is 24.0 Å². The van der Waals surface area contributed by atoms with Crippen molar-refractivity contribution in [3.8, 4) is 0 Å². The van der Waals surface area contributed by atoms with E-state index in [1.807, 2.05) is 31.1 Å². The van der Waals surface area contributed by atoms with E-state index in [1.54, 1.807) is 7.05 Å². The van der Waals surface area contributed by atoms with Gasteiger partial charge in [-0.15, -0.1) is 24.0 Å². The molecule has 0 spiro atoms. The zero-order valence-electron chi connectivity index (χ0n) is 14.7. The summed E-state index contributed by atoms with van der Waals surface area (Å²) in [5.41, 5.74) is 1.77. The molecule has 0 aliphatic carbocycles. The third kappa shape index (κ3) is 9.10. The Kier molecular flexibility index (Phi) is 12.0. The van der Waals surface area contributed by atoms with E-state index in [1.165, 1.54) is 18.9 Å². The van der Waals surface area contributed by atoms with Gasteiger partial charge in [-0.3, -0.25) is 4.99 Å². The number of halogens is 2. The first-order valence-corrected chi connectivity index (χ1v) is 7.93. The maximum atomic E-state index is 13.8. The summed E-state index contributed by atoms with van der Waals surface area (Å²) in [5.74, 6) is 0.633. The van der Waals surface area contributed by atoms with Crippen molar-refractivity contribution in [2.45, 2.75) is 39.3 Å². The molecule has 0 unspecified atom stereocenters. The summed E-state index contributed by atoms with van der Waals surface area (Å²) in [6, 6.07) is 5.26. The molecule has 132 valence electrons. The standard InChI is InChI=1S/C17H29FN4.HI/c1-5-6-7-10-20-17(19-2)21-12-14-8-9-16(18)15(11-14)13-22(3)4;/h8-9,11H,5-7,10,12-13H2,1-4H3,(H2,19,20,21);1H. The fraction of sp³-hybridized carbons (Fsp3) is 0.588. The Balaban J connectivity index is 0.00000484. The van der Waals surface area contributed by atoms with Gasteiger partial charge in [-0.05, 0) is 38.2 Å². The summed E-state index contributed by atoms with van der Waals surface area (Å²) in [6.45, 7) is 4.34. The summed E-state index contributed by atoms with van der Waals surface area (Å²) < 4.78 is 13.8. The number of nitrogens with zero attached hydrogens (tertiary/aromatic N) is 2. The second-order valence-electron chi connectivity index (χ2n) is 5.72. The lowest BCUT2D eigenvalue weighted by Gasteiger charge is -2.14. The summed E-state index contributed by atoms with van der Waals surface area (Å²) in [7, 11) is 5.64. The highest BCUT2D eigenvalue weighted by Gasteiger charge is 2.05. The molecule has 2 N–H and O–H groups in total. The van der Waals surface area contributed by atoms with Gasteiger partial charge >= 0.3 is 0 Å². The lowest BCUT2D eigenvalue weighted by Crippen LogP contribution is -2.37. The van der Waals surface area contributed by atoms with Gasteiger partial charge in [0, 0.05) is 32.2 Å². The van der Waals surface area contributed by atoms with Gasteiger partial charge in [0.25, 0.3) is 0 Å². The van der Waals surface area contributed by atoms with E-state index >= 15 is 0 Å². The maximum Gasteiger partial charge on any atom is 0.191 e. The fourth-order valence-electron chi connectivity index (χ4n) is 2.19. The highest BCUT2D eigenvalue weighted by molar-refractivity contribution is 14.0. The van der Waals surface area contributed by atoms with Crippen LogP contribution in [0.15, 0.2) is 23.2 Å². The van der Waals surface area contributed by atoms with Crippen LogP contribution in [-0.2, 0) is 13.1 Å². The van der Waals surface area contributed by atoms with E-state index in [0.717, 1.165) is 30.1 Å².